The summed E-state index contributed by atoms with van der Waals surface area (Å²) in [4.78, 5) is 10.0. The number of hydrogen-bond acceptors (Lipinski definition) is 2. The Morgan fingerprint density at radius 2 is 1.70 bits per heavy atom. The maximum absolute atomic E-state index is 10.0. The molecule has 3 heteroatoms. The average Bonchev–Trinajstić information content (AvgIpc) is 2.17. The molecule has 1 aliphatic heterocycles. The van der Waals surface area contributed by atoms with E-state index in [0.29, 0.717) is 0 Å². The van der Waals surface area contributed by atoms with Crippen molar-refractivity contribution in [1.29, 1.82) is 0 Å². The number of hydrazine groups is 1. The van der Waals surface area contributed by atoms with Crippen LogP contribution in [0.1, 0.15) is 25.7 Å². The molecular weight excluding hydrogens is 128 g/mol. The van der Waals surface area contributed by atoms with Crippen molar-refractivity contribution in [1.82, 2.24) is 10.4 Å². The number of carbonyl (C=O) groups is 1. The van der Waals surface area contributed by atoms with Gasteiger partial charge in [-0.1, -0.05) is 12.8 Å². The average molecular weight is 142 g/mol. The van der Waals surface area contributed by atoms with Crippen molar-refractivity contribution in [2.75, 3.05) is 13.1 Å². The summed E-state index contributed by atoms with van der Waals surface area (Å²) in [6.45, 7) is 2.03. The topological polar surface area (TPSA) is 32.3 Å². The van der Waals surface area contributed by atoms with Crippen LogP contribution in [0.25, 0.3) is 0 Å². The molecule has 0 bridgehead atoms. The van der Waals surface area contributed by atoms with Crippen LogP contribution in [-0.4, -0.2) is 24.5 Å². The zero-order valence-electron chi connectivity index (χ0n) is 6.18. The third-order valence-electron chi connectivity index (χ3n) is 1.84. The molecule has 10 heavy (non-hydrogen) atoms. The van der Waals surface area contributed by atoms with Crippen LogP contribution in [-0.2, 0) is 4.79 Å². The van der Waals surface area contributed by atoms with Crippen LogP contribution in [0, 0.1) is 0 Å². The highest BCUT2D eigenvalue weighted by Crippen LogP contribution is 2.06. The first kappa shape index (κ1) is 7.54. The van der Waals surface area contributed by atoms with Gasteiger partial charge in [-0.3, -0.25) is 10.2 Å². The molecular formula is C7H14N2O. The summed E-state index contributed by atoms with van der Waals surface area (Å²) < 4.78 is 0. The lowest BCUT2D eigenvalue weighted by molar-refractivity contribution is -0.113. The molecule has 0 saturated carbocycles. The number of hydrogen-bond donors (Lipinski definition) is 1. The van der Waals surface area contributed by atoms with E-state index in [4.69, 9.17) is 0 Å². The molecule has 1 fully saturated rings. The Labute approximate surface area is 61.4 Å². The van der Waals surface area contributed by atoms with E-state index in [1.165, 1.54) is 25.7 Å². The summed E-state index contributed by atoms with van der Waals surface area (Å²) in [6, 6.07) is 0. The maximum Gasteiger partial charge on any atom is 0.221 e. The van der Waals surface area contributed by atoms with E-state index in [2.05, 4.69) is 5.43 Å². The monoisotopic (exact) mass is 142 g/mol. The molecule has 0 aromatic rings. The van der Waals surface area contributed by atoms with Crippen molar-refractivity contribution in [2.24, 2.45) is 0 Å². The highest BCUT2D eigenvalue weighted by Gasteiger charge is 2.05. The van der Waals surface area contributed by atoms with Gasteiger partial charge in [0.15, 0.2) is 0 Å². The summed E-state index contributed by atoms with van der Waals surface area (Å²) in [5.74, 6) is 0. The van der Waals surface area contributed by atoms with E-state index in [1.807, 2.05) is 5.01 Å². The lowest BCUT2D eigenvalue weighted by Gasteiger charge is -2.16. The molecule has 0 aromatic heterocycles. The molecule has 0 atom stereocenters. The standard InChI is InChI=1S/C7H14N2O/c10-7-8-9-5-3-1-2-4-6-9/h7H,1-6H2,(H,8,10). The van der Waals surface area contributed by atoms with Crippen LogP contribution < -0.4 is 5.43 Å². The molecule has 0 radical (unpaired) electrons. The molecule has 1 saturated heterocycles. The Hall–Kier alpha value is -0.570. The van der Waals surface area contributed by atoms with E-state index in [9.17, 15) is 4.79 Å². The van der Waals surface area contributed by atoms with Crippen molar-refractivity contribution in [2.45, 2.75) is 25.7 Å². The van der Waals surface area contributed by atoms with Crippen LogP contribution in [0.5, 0.6) is 0 Å². The van der Waals surface area contributed by atoms with Crippen LogP contribution in [0.3, 0.4) is 0 Å². The minimum atomic E-state index is 0.755. The number of nitrogens with one attached hydrogen (secondary N) is 1. The van der Waals surface area contributed by atoms with Crippen molar-refractivity contribution in [3.63, 3.8) is 0 Å². The van der Waals surface area contributed by atoms with Gasteiger partial charge in [-0.15, -0.1) is 0 Å². The number of amides is 1. The van der Waals surface area contributed by atoms with Gasteiger partial charge in [-0.05, 0) is 12.8 Å². The number of carbonyl (C=O) groups excluding carboxylic acids is 1. The Kier molecular flexibility index (Phi) is 3.22. The zero-order chi connectivity index (χ0) is 7.23. The van der Waals surface area contributed by atoms with Gasteiger partial charge >= 0.3 is 0 Å². The molecule has 0 spiro atoms. The highest BCUT2D eigenvalue weighted by molar-refractivity contribution is 5.44. The Bertz CT molecular complexity index is 97.8. The second-order valence-corrected chi connectivity index (χ2v) is 2.65. The van der Waals surface area contributed by atoms with Gasteiger partial charge < -0.3 is 0 Å². The summed E-state index contributed by atoms with van der Waals surface area (Å²) in [6.07, 6.45) is 5.78. The second-order valence-electron chi connectivity index (χ2n) is 2.65. The van der Waals surface area contributed by atoms with E-state index in [1.54, 1.807) is 0 Å². The minimum Gasteiger partial charge on any atom is -0.292 e. The quantitative estimate of drug-likeness (QED) is 0.570. The second kappa shape index (κ2) is 4.28. The number of nitrogens with zero attached hydrogens (tertiary/aromatic N) is 1. The van der Waals surface area contributed by atoms with Gasteiger partial charge in [0, 0.05) is 13.1 Å². The molecule has 1 amide bonds. The third kappa shape index (κ3) is 2.35. The van der Waals surface area contributed by atoms with Crippen molar-refractivity contribution in [3.05, 3.63) is 0 Å². The fourth-order valence-corrected chi connectivity index (χ4v) is 1.27. The SMILES string of the molecule is O=CNN1CCCCCC1. The molecule has 1 aliphatic rings. The van der Waals surface area contributed by atoms with Gasteiger partial charge in [0.1, 0.15) is 0 Å². The van der Waals surface area contributed by atoms with E-state index >= 15 is 0 Å². The van der Waals surface area contributed by atoms with Gasteiger partial charge in [0.05, 0.1) is 0 Å². The fraction of sp³-hybridized carbons (Fsp3) is 0.857. The van der Waals surface area contributed by atoms with Crippen molar-refractivity contribution in [3.8, 4) is 0 Å². The smallest absolute Gasteiger partial charge is 0.221 e. The van der Waals surface area contributed by atoms with Gasteiger partial charge in [-0.25, -0.2) is 5.01 Å². The molecule has 0 aromatic carbocycles. The van der Waals surface area contributed by atoms with Gasteiger partial charge in [-0.2, -0.15) is 0 Å². The van der Waals surface area contributed by atoms with Gasteiger partial charge in [0.25, 0.3) is 0 Å². The van der Waals surface area contributed by atoms with E-state index < -0.39 is 0 Å². The highest BCUT2D eigenvalue weighted by atomic mass is 16.1. The molecule has 1 heterocycles. The normalized spacial score (nSPS) is 21.6. The molecule has 0 aliphatic carbocycles. The molecule has 1 rings (SSSR count). The first-order chi connectivity index (χ1) is 4.93. The van der Waals surface area contributed by atoms with Crippen molar-refractivity contribution < 1.29 is 4.79 Å². The Balaban J connectivity index is 2.21. The largest absolute Gasteiger partial charge is 0.292 e. The Morgan fingerprint density at radius 1 is 1.10 bits per heavy atom. The van der Waals surface area contributed by atoms with E-state index in [-0.39, 0.29) is 0 Å². The lowest BCUT2D eigenvalue weighted by atomic mass is 10.2. The third-order valence-corrected chi connectivity index (χ3v) is 1.84. The molecule has 0 unspecified atom stereocenters. The zero-order valence-corrected chi connectivity index (χ0v) is 6.18. The molecule has 58 valence electrons. The lowest BCUT2D eigenvalue weighted by Crippen LogP contribution is -2.37. The van der Waals surface area contributed by atoms with Crippen LogP contribution >= 0.6 is 0 Å². The van der Waals surface area contributed by atoms with Crippen molar-refractivity contribution >= 4 is 6.41 Å². The summed E-state index contributed by atoms with van der Waals surface area (Å²) in [5, 5.41) is 1.99. The predicted octanol–water partition coefficient (Wildman–Crippen LogP) is 0.523. The minimum absolute atomic E-state index is 0.755. The first-order valence-electron chi connectivity index (χ1n) is 3.88. The van der Waals surface area contributed by atoms with Gasteiger partial charge in [0.2, 0.25) is 6.41 Å². The van der Waals surface area contributed by atoms with Crippen LogP contribution in [0.4, 0.5) is 0 Å². The summed E-state index contributed by atoms with van der Waals surface area (Å²) >= 11 is 0. The molecule has 1 N–H and O–H groups in total. The summed E-state index contributed by atoms with van der Waals surface area (Å²) in [7, 11) is 0. The van der Waals surface area contributed by atoms with Crippen LogP contribution in [0.15, 0.2) is 0 Å². The fourth-order valence-electron chi connectivity index (χ4n) is 1.27. The van der Waals surface area contributed by atoms with E-state index in [0.717, 1.165) is 19.5 Å². The predicted molar refractivity (Wildman–Crippen MR) is 39.2 cm³/mol. The van der Waals surface area contributed by atoms with Crippen LogP contribution in [0.2, 0.25) is 0 Å². The number of rotatable bonds is 2. The maximum atomic E-state index is 10.0. The summed E-state index contributed by atoms with van der Waals surface area (Å²) in [5.41, 5.74) is 2.68. The molecule has 3 nitrogen and oxygen atoms in total. The Morgan fingerprint density at radius 3 is 2.20 bits per heavy atom. The first-order valence-corrected chi connectivity index (χ1v) is 3.88.